The number of rotatable bonds is 1. The van der Waals surface area contributed by atoms with Crippen LogP contribution in [0.2, 0.25) is 0 Å². The van der Waals surface area contributed by atoms with Crippen molar-refractivity contribution in [1.29, 1.82) is 0 Å². The van der Waals surface area contributed by atoms with Crippen molar-refractivity contribution < 1.29 is 9.53 Å². The predicted octanol–water partition coefficient (Wildman–Crippen LogP) is 3.95. The van der Waals surface area contributed by atoms with Crippen LogP contribution in [0.3, 0.4) is 0 Å². The van der Waals surface area contributed by atoms with Crippen molar-refractivity contribution in [2.75, 3.05) is 26.3 Å². The van der Waals surface area contributed by atoms with Crippen LogP contribution < -0.4 is 0 Å². The normalized spacial score (nSPS) is 43.7. The fraction of sp³-hybridized carbons (Fsp3) is 0.773. The zero-order valence-electron chi connectivity index (χ0n) is 15.5. The van der Waals surface area contributed by atoms with Crippen LogP contribution in [0.15, 0.2) is 23.4 Å². The Bertz CT molecular complexity index is 630. The SMILES string of the molecule is C[C@]12CC[C@H]3[C@@H](CC=C4C=C(N5CCOCC5)CC[C@@H]43)[C@@H]1CCC2=O. The molecule has 1 heterocycles. The number of allylic oxidation sites excluding steroid dienone is 4. The van der Waals surface area contributed by atoms with Crippen LogP contribution in [0.5, 0.6) is 0 Å². The van der Waals surface area contributed by atoms with Gasteiger partial charge >= 0.3 is 0 Å². The summed E-state index contributed by atoms with van der Waals surface area (Å²) < 4.78 is 5.52. The molecule has 0 aromatic heterocycles. The lowest BCUT2D eigenvalue weighted by atomic mass is 9.53. The highest BCUT2D eigenvalue weighted by atomic mass is 16.5. The number of hydrogen-bond acceptors (Lipinski definition) is 3. The van der Waals surface area contributed by atoms with Gasteiger partial charge in [0.2, 0.25) is 0 Å². The maximum atomic E-state index is 12.5. The number of ketones is 1. The van der Waals surface area contributed by atoms with Gasteiger partial charge in [-0.05, 0) is 73.8 Å². The first-order chi connectivity index (χ1) is 12.2. The Morgan fingerprint density at radius 3 is 2.80 bits per heavy atom. The van der Waals surface area contributed by atoms with Gasteiger partial charge in [0.05, 0.1) is 13.2 Å². The van der Waals surface area contributed by atoms with Crippen LogP contribution in [-0.4, -0.2) is 37.0 Å². The second kappa shape index (κ2) is 5.97. The third-order valence-corrected chi connectivity index (χ3v) is 8.23. The topological polar surface area (TPSA) is 29.5 Å². The van der Waals surface area contributed by atoms with Crippen LogP contribution in [-0.2, 0) is 9.53 Å². The summed E-state index contributed by atoms with van der Waals surface area (Å²) in [5.74, 6) is 3.55. The van der Waals surface area contributed by atoms with E-state index in [1.165, 1.54) is 25.7 Å². The largest absolute Gasteiger partial charge is 0.378 e. The first-order valence-corrected chi connectivity index (χ1v) is 10.4. The Labute approximate surface area is 151 Å². The molecule has 1 saturated heterocycles. The number of morpholine rings is 1. The minimum absolute atomic E-state index is 0.00990. The summed E-state index contributed by atoms with van der Waals surface area (Å²) in [5.41, 5.74) is 3.17. The Kier molecular flexibility index (Phi) is 3.85. The van der Waals surface area contributed by atoms with E-state index in [9.17, 15) is 4.79 Å². The highest BCUT2D eigenvalue weighted by Crippen LogP contribution is 2.59. The van der Waals surface area contributed by atoms with E-state index in [-0.39, 0.29) is 5.41 Å². The van der Waals surface area contributed by atoms with Gasteiger partial charge in [-0.1, -0.05) is 13.0 Å². The summed E-state index contributed by atoms with van der Waals surface area (Å²) in [7, 11) is 0. The first kappa shape index (κ1) is 16.1. The highest BCUT2D eigenvalue weighted by Gasteiger charge is 2.55. The number of fused-ring (bicyclic) bond motifs is 5. The van der Waals surface area contributed by atoms with Crippen molar-refractivity contribution in [2.24, 2.45) is 29.1 Å². The number of carbonyl (C=O) groups excluding carboxylic acids is 1. The zero-order chi connectivity index (χ0) is 17.0. The molecule has 3 heteroatoms. The van der Waals surface area contributed by atoms with Gasteiger partial charge in [-0.25, -0.2) is 0 Å². The van der Waals surface area contributed by atoms with E-state index in [1.54, 1.807) is 11.3 Å². The molecule has 0 aromatic rings. The molecule has 0 bridgehead atoms. The van der Waals surface area contributed by atoms with Crippen molar-refractivity contribution in [2.45, 2.75) is 51.9 Å². The minimum atomic E-state index is 0.00990. The second-order valence-electron chi connectivity index (χ2n) is 9.17. The fourth-order valence-electron chi connectivity index (χ4n) is 6.81. The summed E-state index contributed by atoms with van der Waals surface area (Å²) >= 11 is 0. The number of ether oxygens (including phenoxy) is 1. The Morgan fingerprint density at radius 1 is 1.12 bits per heavy atom. The zero-order valence-corrected chi connectivity index (χ0v) is 15.5. The summed E-state index contributed by atoms with van der Waals surface area (Å²) in [5, 5.41) is 0. The van der Waals surface area contributed by atoms with Gasteiger partial charge in [0.1, 0.15) is 5.78 Å². The Hall–Kier alpha value is -1.09. The smallest absolute Gasteiger partial charge is 0.139 e. The molecule has 0 spiro atoms. The summed E-state index contributed by atoms with van der Waals surface area (Å²) in [6.45, 7) is 6.13. The van der Waals surface area contributed by atoms with Crippen molar-refractivity contribution in [3.63, 3.8) is 0 Å². The lowest BCUT2D eigenvalue weighted by molar-refractivity contribution is -0.130. The van der Waals surface area contributed by atoms with Gasteiger partial charge in [-0.3, -0.25) is 4.79 Å². The first-order valence-electron chi connectivity index (χ1n) is 10.4. The van der Waals surface area contributed by atoms with E-state index in [4.69, 9.17) is 4.74 Å². The van der Waals surface area contributed by atoms with E-state index in [2.05, 4.69) is 24.0 Å². The standard InChI is InChI=1S/C22H31NO2/c1-22-9-8-18-17-5-3-16(23-10-12-25-13-11-23)14-15(17)2-4-19(18)20(22)6-7-21(22)24/h2,14,17-20H,3-13H2,1H3/t17-,18+,19+,20-,22-/m0/s1. The molecule has 0 N–H and O–H groups in total. The molecule has 1 aliphatic heterocycles. The third-order valence-electron chi connectivity index (χ3n) is 8.23. The average Bonchev–Trinajstić information content (AvgIpc) is 2.97. The molecule has 0 aromatic carbocycles. The van der Waals surface area contributed by atoms with Gasteiger partial charge in [0, 0.05) is 30.6 Å². The Morgan fingerprint density at radius 2 is 1.96 bits per heavy atom. The van der Waals surface area contributed by atoms with E-state index in [0.29, 0.717) is 11.7 Å². The van der Waals surface area contributed by atoms with Gasteiger partial charge in [0.15, 0.2) is 0 Å². The predicted molar refractivity (Wildman–Crippen MR) is 98.0 cm³/mol. The van der Waals surface area contributed by atoms with Gasteiger partial charge in [-0.2, -0.15) is 0 Å². The molecular formula is C22H31NO2. The molecule has 25 heavy (non-hydrogen) atoms. The monoisotopic (exact) mass is 341 g/mol. The molecule has 0 amide bonds. The van der Waals surface area contributed by atoms with Crippen molar-refractivity contribution in [3.05, 3.63) is 23.4 Å². The van der Waals surface area contributed by atoms with Crippen LogP contribution in [0.1, 0.15) is 51.9 Å². The summed E-state index contributed by atoms with van der Waals surface area (Å²) in [4.78, 5) is 15.0. The number of Topliss-reactive ketones (excluding diaryl/α,β-unsaturated/α-hetero) is 1. The maximum Gasteiger partial charge on any atom is 0.139 e. The summed E-state index contributed by atoms with van der Waals surface area (Å²) in [6.07, 6.45) is 13.2. The van der Waals surface area contributed by atoms with Gasteiger partial charge in [0.25, 0.3) is 0 Å². The molecule has 0 unspecified atom stereocenters. The van der Waals surface area contributed by atoms with Crippen molar-refractivity contribution in [1.82, 2.24) is 4.90 Å². The molecule has 5 rings (SSSR count). The average molecular weight is 341 g/mol. The van der Waals surface area contributed by atoms with Gasteiger partial charge < -0.3 is 9.64 Å². The molecule has 3 fully saturated rings. The van der Waals surface area contributed by atoms with E-state index in [1.807, 2.05) is 0 Å². The minimum Gasteiger partial charge on any atom is -0.378 e. The molecule has 136 valence electrons. The van der Waals surface area contributed by atoms with Crippen LogP contribution in [0, 0.1) is 29.1 Å². The molecule has 3 nitrogen and oxygen atoms in total. The lowest BCUT2D eigenvalue weighted by Gasteiger charge is -2.51. The van der Waals surface area contributed by atoms with E-state index < -0.39 is 0 Å². The molecule has 2 saturated carbocycles. The molecular weight excluding hydrogens is 310 g/mol. The molecule has 0 radical (unpaired) electrons. The van der Waals surface area contributed by atoms with Gasteiger partial charge in [-0.15, -0.1) is 0 Å². The molecule has 5 aliphatic rings. The molecule has 5 atom stereocenters. The van der Waals surface area contributed by atoms with Crippen molar-refractivity contribution >= 4 is 5.78 Å². The highest BCUT2D eigenvalue weighted by molar-refractivity contribution is 5.87. The van der Waals surface area contributed by atoms with Crippen LogP contribution in [0.25, 0.3) is 0 Å². The van der Waals surface area contributed by atoms with Crippen LogP contribution in [0.4, 0.5) is 0 Å². The van der Waals surface area contributed by atoms with Crippen molar-refractivity contribution in [3.8, 4) is 0 Å². The summed E-state index contributed by atoms with van der Waals surface area (Å²) in [6, 6.07) is 0. The van der Waals surface area contributed by atoms with Crippen LogP contribution >= 0.6 is 0 Å². The van der Waals surface area contributed by atoms with E-state index >= 15 is 0 Å². The third kappa shape index (κ3) is 2.45. The lowest BCUT2D eigenvalue weighted by Crippen LogP contribution is -2.46. The number of hydrogen-bond donors (Lipinski definition) is 0. The fourth-order valence-corrected chi connectivity index (χ4v) is 6.81. The second-order valence-corrected chi connectivity index (χ2v) is 9.17. The number of carbonyl (C=O) groups is 1. The van der Waals surface area contributed by atoms with E-state index in [0.717, 1.165) is 63.3 Å². The molecule has 4 aliphatic carbocycles. The quantitative estimate of drug-likeness (QED) is 0.723. The Balaban J connectivity index is 1.39. The maximum absolute atomic E-state index is 12.5. The number of nitrogens with zero attached hydrogens (tertiary/aromatic N) is 1.